The zero-order chi connectivity index (χ0) is 32.4. The van der Waals surface area contributed by atoms with Gasteiger partial charge in [0.05, 0.1) is 6.42 Å². The number of thiophene rings is 1. The van der Waals surface area contributed by atoms with Gasteiger partial charge in [0.15, 0.2) is 12.4 Å². The zero-order valence-electron chi connectivity index (χ0n) is 25.3. The van der Waals surface area contributed by atoms with Crippen LogP contribution in [0.2, 0.25) is 5.02 Å². The molecule has 5 rings (SSSR count). The number of amides is 1. The molecule has 0 spiro atoms. The Hall–Kier alpha value is -4.42. The van der Waals surface area contributed by atoms with E-state index in [2.05, 4.69) is 53.6 Å². The van der Waals surface area contributed by atoms with Crippen molar-refractivity contribution in [3.05, 3.63) is 167 Å². The van der Waals surface area contributed by atoms with Crippen molar-refractivity contribution >= 4 is 40.4 Å². The number of H-pyrrole nitrogens is 1. The molecule has 0 saturated carbocycles. The van der Waals surface area contributed by atoms with Crippen molar-refractivity contribution in [3.8, 4) is 27.3 Å². The number of hydrogen-bond donors (Lipinski definition) is 1. The van der Waals surface area contributed by atoms with Gasteiger partial charge in [-0.25, -0.2) is 4.98 Å². The van der Waals surface area contributed by atoms with E-state index in [4.69, 9.17) is 27.9 Å². The summed E-state index contributed by atoms with van der Waals surface area (Å²) in [6.07, 6.45) is 7.42. The molecule has 0 fully saturated rings. The summed E-state index contributed by atoms with van der Waals surface area (Å²) in [5.74, 6) is 0.764. The Morgan fingerprint density at radius 1 is 0.933 bits per heavy atom. The Bertz CT molecular complexity index is 1680. The maximum absolute atomic E-state index is 12.6. The second-order valence-electron chi connectivity index (χ2n) is 9.52. The SMILES string of the molecule is C=C.C=C/C(Cl)=C\C.O=C(Cc1cccc(-c2sccc2-c2cc(Cl)ccc2OCc2ccccc2)c1)NCc1ccc[nH+]c1. The van der Waals surface area contributed by atoms with Crippen LogP contribution >= 0.6 is 34.5 Å². The maximum Gasteiger partial charge on any atom is 0.224 e. The summed E-state index contributed by atoms with van der Waals surface area (Å²) in [4.78, 5) is 16.7. The van der Waals surface area contributed by atoms with Gasteiger partial charge in [-0.3, -0.25) is 4.79 Å². The van der Waals surface area contributed by atoms with Crippen molar-refractivity contribution in [2.45, 2.75) is 26.5 Å². The molecule has 2 aromatic heterocycles. The fourth-order valence-corrected chi connectivity index (χ4v) is 5.33. The van der Waals surface area contributed by atoms with Crippen LogP contribution in [0, 0.1) is 0 Å². The van der Waals surface area contributed by atoms with E-state index < -0.39 is 0 Å². The lowest BCUT2D eigenvalue weighted by Crippen LogP contribution is -2.25. The largest absolute Gasteiger partial charge is 0.488 e. The predicted molar refractivity (Wildman–Crippen MR) is 191 cm³/mol. The van der Waals surface area contributed by atoms with E-state index in [0.29, 0.717) is 29.6 Å². The van der Waals surface area contributed by atoms with Crippen molar-refractivity contribution < 1.29 is 14.5 Å². The van der Waals surface area contributed by atoms with Gasteiger partial charge in [0, 0.05) is 44.2 Å². The fraction of sp³-hybridized carbons (Fsp3) is 0.105. The smallest absolute Gasteiger partial charge is 0.224 e. The van der Waals surface area contributed by atoms with Crippen molar-refractivity contribution in [3.63, 3.8) is 0 Å². The molecule has 230 valence electrons. The number of aromatic amines is 1. The van der Waals surface area contributed by atoms with Gasteiger partial charge in [-0.15, -0.1) is 24.5 Å². The summed E-state index contributed by atoms with van der Waals surface area (Å²) in [6.45, 7) is 12.3. The van der Waals surface area contributed by atoms with E-state index in [1.165, 1.54) is 0 Å². The number of pyridine rings is 1. The van der Waals surface area contributed by atoms with E-state index in [-0.39, 0.29) is 5.91 Å². The average molecular weight is 657 g/mol. The molecule has 1 amide bonds. The molecule has 3 aromatic carbocycles. The van der Waals surface area contributed by atoms with Gasteiger partial charge in [-0.2, -0.15) is 0 Å². The molecular weight excluding hydrogens is 619 g/mol. The number of benzene rings is 3. The number of hydrogen-bond acceptors (Lipinski definition) is 3. The Morgan fingerprint density at radius 2 is 1.69 bits per heavy atom. The molecular formula is C38H37Cl2N2O2S+. The second kappa shape index (κ2) is 19.1. The zero-order valence-corrected chi connectivity index (χ0v) is 27.6. The minimum atomic E-state index is -0.0150. The number of carbonyl (C=O) groups excluding carboxylic acids is 1. The molecule has 0 radical (unpaired) electrons. The van der Waals surface area contributed by atoms with Crippen LogP contribution in [0.15, 0.2) is 146 Å². The third-order valence-electron chi connectivity index (χ3n) is 6.42. The summed E-state index contributed by atoms with van der Waals surface area (Å²) in [5, 5.41) is 6.42. The monoisotopic (exact) mass is 655 g/mol. The van der Waals surface area contributed by atoms with Gasteiger partial charge < -0.3 is 10.1 Å². The van der Waals surface area contributed by atoms with Crippen LogP contribution in [0.3, 0.4) is 0 Å². The molecule has 5 aromatic rings. The standard InChI is InChI=1S/C31H25ClN2O2S.C5H7Cl.C2H4/c32-26-11-12-29(36-21-22-6-2-1-3-7-22)28(18-26)27-13-15-37-31(27)25-10-4-8-23(16-25)17-30(35)34-20-24-9-5-14-33-19-24;1-3-5(6)4-2;1-2/h1-16,18-19H,17,20-21H2,(H,34,35);3-4H,1H2,2H3;1-2H2/p+1/b;5-4+;. The van der Waals surface area contributed by atoms with Gasteiger partial charge in [0.25, 0.3) is 0 Å². The van der Waals surface area contributed by atoms with Crippen LogP contribution in [0.4, 0.5) is 0 Å². The first kappa shape index (κ1) is 35.1. The number of nitrogens with one attached hydrogen (secondary N) is 2. The topological polar surface area (TPSA) is 52.5 Å². The molecule has 0 atom stereocenters. The molecule has 7 heteroatoms. The van der Waals surface area contributed by atoms with Crippen LogP contribution in [0.25, 0.3) is 21.6 Å². The number of ether oxygens (including phenoxy) is 1. The normalized spacial score (nSPS) is 10.4. The Balaban J connectivity index is 0.000000620. The summed E-state index contributed by atoms with van der Waals surface area (Å²) in [5.41, 5.74) is 6.15. The van der Waals surface area contributed by atoms with Crippen molar-refractivity contribution in [2.24, 2.45) is 0 Å². The molecule has 2 heterocycles. The van der Waals surface area contributed by atoms with Gasteiger partial charge in [0.2, 0.25) is 5.91 Å². The highest BCUT2D eigenvalue weighted by Crippen LogP contribution is 2.42. The van der Waals surface area contributed by atoms with Crippen molar-refractivity contribution in [1.82, 2.24) is 5.32 Å². The Labute approximate surface area is 280 Å². The molecule has 0 saturated heterocycles. The maximum atomic E-state index is 12.6. The Morgan fingerprint density at radius 3 is 2.38 bits per heavy atom. The average Bonchev–Trinajstić information content (AvgIpc) is 3.59. The van der Waals surface area contributed by atoms with Crippen LogP contribution in [0.1, 0.15) is 23.6 Å². The molecule has 0 aliphatic heterocycles. The first-order valence-electron chi connectivity index (χ1n) is 14.3. The minimum absolute atomic E-state index is 0.0150. The number of rotatable bonds is 10. The molecule has 0 bridgehead atoms. The highest BCUT2D eigenvalue weighted by molar-refractivity contribution is 7.14. The fourth-order valence-electron chi connectivity index (χ4n) is 4.25. The minimum Gasteiger partial charge on any atom is -0.488 e. The molecule has 45 heavy (non-hydrogen) atoms. The van der Waals surface area contributed by atoms with Crippen LogP contribution in [-0.4, -0.2) is 5.91 Å². The van der Waals surface area contributed by atoms with Crippen LogP contribution in [0.5, 0.6) is 5.75 Å². The summed E-state index contributed by atoms with van der Waals surface area (Å²) in [6, 6.07) is 30.0. The molecule has 0 aliphatic carbocycles. The lowest BCUT2D eigenvalue weighted by atomic mass is 10.00. The predicted octanol–water partition coefficient (Wildman–Crippen LogP) is 10.1. The first-order valence-corrected chi connectivity index (χ1v) is 15.9. The van der Waals surface area contributed by atoms with E-state index >= 15 is 0 Å². The van der Waals surface area contributed by atoms with Gasteiger partial charge >= 0.3 is 0 Å². The lowest BCUT2D eigenvalue weighted by Gasteiger charge is -2.14. The third-order valence-corrected chi connectivity index (χ3v) is 7.99. The number of aromatic nitrogens is 1. The Kier molecular flexibility index (Phi) is 14.9. The summed E-state index contributed by atoms with van der Waals surface area (Å²) in [7, 11) is 0. The van der Waals surface area contributed by atoms with E-state index in [0.717, 1.165) is 44.0 Å². The van der Waals surface area contributed by atoms with E-state index in [1.807, 2.05) is 92.1 Å². The molecule has 0 aliphatic rings. The number of halogens is 2. The molecule has 2 N–H and O–H groups in total. The quantitative estimate of drug-likeness (QED) is 0.120. The summed E-state index contributed by atoms with van der Waals surface area (Å²) >= 11 is 13.5. The molecule has 0 unspecified atom stereocenters. The van der Waals surface area contributed by atoms with Gasteiger partial charge in [-0.05, 0) is 65.4 Å². The van der Waals surface area contributed by atoms with Crippen LogP contribution < -0.4 is 15.0 Å². The molecule has 4 nitrogen and oxygen atoms in total. The van der Waals surface area contributed by atoms with Gasteiger partial charge in [-0.1, -0.05) is 90.5 Å². The third kappa shape index (κ3) is 11.2. The van der Waals surface area contributed by atoms with Gasteiger partial charge in [0.1, 0.15) is 12.4 Å². The first-order chi connectivity index (χ1) is 22.0. The second-order valence-corrected chi connectivity index (χ2v) is 11.3. The van der Waals surface area contributed by atoms with Crippen molar-refractivity contribution in [1.29, 1.82) is 0 Å². The lowest BCUT2D eigenvalue weighted by molar-refractivity contribution is -0.378. The summed E-state index contributed by atoms with van der Waals surface area (Å²) < 4.78 is 6.22. The number of allylic oxidation sites excluding steroid dienone is 3. The van der Waals surface area contributed by atoms with Crippen molar-refractivity contribution in [2.75, 3.05) is 0 Å². The van der Waals surface area contributed by atoms with E-state index in [9.17, 15) is 4.79 Å². The highest BCUT2D eigenvalue weighted by Gasteiger charge is 2.16. The van der Waals surface area contributed by atoms with Crippen LogP contribution in [-0.2, 0) is 24.4 Å². The highest BCUT2D eigenvalue weighted by atomic mass is 35.5. The van der Waals surface area contributed by atoms with E-state index in [1.54, 1.807) is 23.5 Å². The number of carbonyl (C=O) groups is 1.